The molecule has 2 nitrogen and oxygen atoms in total. The van der Waals surface area contributed by atoms with Crippen molar-refractivity contribution in [1.29, 1.82) is 0 Å². The second kappa shape index (κ2) is 4.12. The molecule has 16 heavy (non-hydrogen) atoms. The third kappa shape index (κ3) is 1.75. The van der Waals surface area contributed by atoms with E-state index in [0.717, 1.165) is 6.42 Å². The molecule has 0 fully saturated rings. The van der Waals surface area contributed by atoms with Gasteiger partial charge in [-0.25, -0.2) is 0 Å². The summed E-state index contributed by atoms with van der Waals surface area (Å²) in [6, 6.07) is 10.5. The van der Waals surface area contributed by atoms with Crippen LogP contribution < -0.4 is 0 Å². The zero-order chi connectivity index (χ0) is 11.6. The van der Waals surface area contributed by atoms with E-state index in [2.05, 4.69) is 61.1 Å². The third-order valence-electron chi connectivity index (χ3n) is 3.41. The number of hydrogen-bond acceptors (Lipinski definition) is 2. The summed E-state index contributed by atoms with van der Waals surface area (Å²) in [4.78, 5) is 6.81. The standard InChI is InChI=1S/C14H18N2/c1-4-14(2)15-11-10-13(16(14)3)12-8-6-5-7-9-12/h5-11H,4H2,1-3H3. The van der Waals surface area contributed by atoms with Crippen LogP contribution in [0.5, 0.6) is 0 Å². The Morgan fingerprint density at radius 3 is 2.56 bits per heavy atom. The van der Waals surface area contributed by atoms with E-state index in [-0.39, 0.29) is 5.66 Å². The Morgan fingerprint density at radius 2 is 1.94 bits per heavy atom. The van der Waals surface area contributed by atoms with E-state index in [9.17, 15) is 0 Å². The summed E-state index contributed by atoms with van der Waals surface area (Å²) in [5, 5.41) is 0. The molecule has 84 valence electrons. The van der Waals surface area contributed by atoms with Gasteiger partial charge in [-0.2, -0.15) is 0 Å². The van der Waals surface area contributed by atoms with Crippen molar-refractivity contribution in [2.45, 2.75) is 25.9 Å². The summed E-state index contributed by atoms with van der Waals surface area (Å²) in [6.45, 7) is 4.33. The fraction of sp³-hybridized carbons (Fsp3) is 0.357. The van der Waals surface area contributed by atoms with Crippen LogP contribution in [0.25, 0.3) is 5.70 Å². The zero-order valence-electron chi connectivity index (χ0n) is 10.1. The van der Waals surface area contributed by atoms with Crippen LogP contribution in [0.2, 0.25) is 0 Å². The Morgan fingerprint density at radius 1 is 1.25 bits per heavy atom. The van der Waals surface area contributed by atoms with Crippen LogP contribution in [0, 0.1) is 0 Å². The monoisotopic (exact) mass is 214 g/mol. The molecule has 1 aliphatic rings. The van der Waals surface area contributed by atoms with Gasteiger partial charge in [-0.3, -0.25) is 4.99 Å². The minimum Gasteiger partial charge on any atom is -0.350 e. The largest absolute Gasteiger partial charge is 0.350 e. The fourth-order valence-electron chi connectivity index (χ4n) is 1.95. The third-order valence-corrected chi connectivity index (χ3v) is 3.41. The van der Waals surface area contributed by atoms with Crippen LogP contribution >= 0.6 is 0 Å². The number of aliphatic imine (C=N–C) groups is 1. The molecule has 0 amide bonds. The van der Waals surface area contributed by atoms with Crippen molar-refractivity contribution in [3.8, 4) is 0 Å². The van der Waals surface area contributed by atoms with Crippen molar-refractivity contribution in [2.24, 2.45) is 4.99 Å². The molecule has 1 unspecified atom stereocenters. The van der Waals surface area contributed by atoms with Gasteiger partial charge >= 0.3 is 0 Å². The topological polar surface area (TPSA) is 15.6 Å². The first-order chi connectivity index (χ1) is 7.67. The molecule has 1 aromatic rings. The Labute approximate surface area is 97.3 Å². The maximum absolute atomic E-state index is 4.56. The minimum atomic E-state index is -0.111. The molecule has 0 bridgehead atoms. The lowest BCUT2D eigenvalue weighted by atomic mass is 10.0. The molecule has 1 aromatic carbocycles. The number of rotatable bonds is 2. The van der Waals surface area contributed by atoms with Crippen LogP contribution in [-0.2, 0) is 0 Å². The normalized spacial score (nSPS) is 24.4. The highest BCUT2D eigenvalue weighted by Crippen LogP contribution is 2.31. The van der Waals surface area contributed by atoms with E-state index >= 15 is 0 Å². The molecule has 0 spiro atoms. The lowest BCUT2D eigenvalue weighted by molar-refractivity contribution is 0.217. The zero-order valence-corrected chi connectivity index (χ0v) is 10.1. The molecule has 0 radical (unpaired) electrons. The van der Waals surface area contributed by atoms with Crippen LogP contribution in [0.4, 0.5) is 0 Å². The van der Waals surface area contributed by atoms with Gasteiger partial charge in [0.25, 0.3) is 0 Å². The van der Waals surface area contributed by atoms with Gasteiger partial charge in [0.2, 0.25) is 0 Å². The number of hydrogen-bond donors (Lipinski definition) is 0. The average Bonchev–Trinajstić information content (AvgIpc) is 2.34. The van der Waals surface area contributed by atoms with E-state index in [1.165, 1.54) is 11.3 Å². The van der Waals surface area contributed by atoms with Crippen molar-refractivity contribution in [2.75, 3.05) is 7.05 Å². The quantitative estimate of drug-likeness (QED) is 0.738. The Bertz CT molecular complexity index is 420. The van der Waals surface area contributed by atoms with Crippen LogP contribution in [0.1, 0.15) is 25.8 Å². The highest BCUT2D eigenvalue weighted by molar-refractivity contribution is 5.86. The number of allylic oxidation sites excluding steroid dienone is 1. The molecule has 0 saturated heterocycles. The maximum atomic E-state index is 4.56. The second-order valence-electron chi connectivity index (χ2n) is 4.33. The Hall–Kier alpha value is -1.57. The van der Waals surface area contributed by atoms with Gasteiger partial charge in [0.1, 0.15) is 5.66 Å². The molecular weight excluding hydrogens is 196 g/mol. The van der Waals surface area contributed by atoms with E-state index < -0.39 is 0 Å². The van der Waals surface area contributed by atoms with Gasteiger partial charge in [-0.1, -0.05) is 37.3 Å². The highest BCUT2D eigenvalue weighted by Gasteiger charge is 2.29. The molecule has 1 heterocycles. The summed E-state index contributed by atoms with van der Waals surface area (Å²) in [5.74, 6) is 0. The molecule has 0 N–H and O–H groups in total. The van der Waals surface area contributed by atoms with Crippen molar-refractivity contribution in [1.82, 2.24) is 4.90 Å². The molecule has 1 atom stereocenters. The van der Waals surface area contributed by atoms with E-state index in [1.807, 2.05) is 12.3 Å². The molecule has 1 aliphatic heterocycles. The Kier molecular flexibility index (Phi) is 2.82. The summed E-state index contributed by atoms with van der Waals surface area (Å²) in [7, 11) is 2.11. The van der Waals surface area contributed by atoms with Gasteiger partial charge in [0, 0.05) is 19.0 Å². The summed E-state index contributed by atoms with van der Waals surface area (Å²) in [6.07, 6.45) is 5.00. The maximum Gasteiger partial charge on any atom is 0.128 e. The number of benzene rings is 1. The van der Waals surface area contributed by atoms with E-state index in [0.29, 0.717) is 0 Å². The summed E-state index contributed by atoms with van der Waals surface area (Å²) in [5.41, 5.74) is 2.37. The SMILES string of the molecule is CCC1(C)N=CC=C(c2ccccc2)N1C. The molecule has 0 aliphatic carbocycles. The molecule has 2 heteroatoms. The molecule has 0 aromatic heterocycles. The van der Waals surface area contributed by atoms with Gasteiger partial charge in [0.15, 0.2) is 0 Å². The van der Waals surface area contributed by atoms with Crippen LogP contribution in [0.15, 0.2) is 41.4 Å². The van der Waals surface area contributed by atoms with Crippen molar-refractivity contribution >= 4 is 11.9 Å². The van der Waals surface area contributed by atoms with Crippen LogP contribution in [-0.4, -0.2) is 23.8 Å². The van der Waals surface area contributed by atoms with E-state index in [1.54, 1.807) is 0 Å². The first-order valence-electron chi connectivity index (χ1n) is 5.72. The lowest BCUT2D eigenvalue weighted by Crippen LogP contribution is -2.42. The van der Waals surface area contributed by atoms with Crippen LogP contribution in [0.3, 0.4) is 0 Å². The van der Waals surface area contributed by atoms with Gasteiger partial charge in [0.05, 0.1) is 0 Å². The van der Waals surface area contributed by atoms with Crippen molar-refractivity contribution in [3.05, 3.63) is 42.0 Å². The van der Waals surface area contributed by atoms with Gasteiger partial charge in [-0.05, 0) is 25.0 Å². The van der Waals surface area contributed by atoms with E-state index in [4.69, 9.17) is 0 Å². The fourth-order valence-corrected chi connectivity index (χ4v) is 1.95. The Balaban J connectivity index is 2.37. The predicted molar refractivity (Wildman–Crippen MR) is 69.4 cm³/mol. The van der Waals surface area contributed by atoms with Crippen molar-refractivity contribution in [3.63, 3.8) is 0 Å². The lowest BCUT2D eigenvalue weighted by Gasteiger charge is -2.40. The second-order valence-corrected chi connectivity index (χ2v) is 4.33. The molecule has 2 rings (SSSR count). The number of nitrogens with zero attached hydrogens (tertiary/aromatic N) is 2. The highest BCUT2D eigenvalue weighted by atomic mass is 15.3. The first-order valence-corrected chi connectivity index (χ1v) is 5.72. The van der Waals surface area contributed by atoms with Gasteiger partial charge < -0.3 is 4.90 Å². The minimum absolute atomic E-state index is 0.111. The predicted octanol–water partition coefficient (Wildman–Crippen LogP) is 3.17. The summed E-state index contributed by atoms with van der Waals surface area (Å²) < 4.78 is 0. The average molecular weight is 214 g/mol. The smallest absolute Gasteiger partial charge is 0.128 e. The first kappa shape index (κ1) is 10.9. The van der Waals surface area contributed by atoms with Crippen molar-refractivity contribution < 1.29 is 0 Å². The summed E-state index contributed by atoms with van der Waals surface area (Å²) >= 11 is 0. The molecular formula is C14H18N2. The van der Waals surface area contributed by atoms with Gasteiger partial charge in [-0.15, -0.1) is 0 Å². The molecule has 0 saturated carbocycles.